The molecule has 0 atom stereocenters. The zero-order valence-corrected chi connectivity index (χ0v) is 6.73. The van der Waals surface area contributed by atoms with Gasteiger partial charge in [0.05, 0.1) is 0 Å². The molecule has 0 saturated heterocycles. The first-order chi connectivity index (χ1) is 6.07. The maximum absolute atomic E-state index is 12.3. The molecule has 0 unspecified atom stereocenters. The van der Waals surface area contributed by atoms with Crippen molar-refractivity contribution in [2.75, 3.05) is 0 Å². The molecule has 0 nitrogen and oxygen atoms in total. The highest BCUT2D eigenvalue weighted by Crippen LogP contribution is 2.35. The Morgan fingerprint density at radius 1 is 1.08 bits per heavy atom. The summed E-state index contributed by atoms with van der Waals surface area (Å²) in [5.41, 5.74) is 0.998. The van der Waals surface area contributed by atoms with Crippen LogP contribution in [-0.2, 0) is 6.42 Å². The maximum Gasteiger partial charge on any atom is 0.413 e. The van der Waals surface area contributed by atoms with E-state index in [0.717, 1.165) is 5.56 Å². The van der Waals surface area contributed by atoms with Crippen molar-refractivity contribution in [1.82, 2.24) is 0 Å². The second-order valence-corrected chi connectivity index (χ2v) is 3.04. The third-order valence-electron chi connectivity index (χ3n) is 2.13. The molecule has 1 aromatic carbocycles. The van der Waals surface area contributed by atoms with Crippen LogP contribution in [0.1, 0.15) is 11.1 Å². The van der Waals surface area contributed by atoms with Gasteiger partial charge in [0.15, 0.2) is 0 Å². The summed E-state index contributed by atoms with van der Waals surface area (Å²) >= 11 is 0. The molecule has 0 heterocycles. The first-order valence-electron chi connectivity index (χ1n) is 3.93. The van der Waals surface area contributed by atoms with Gasteiger partial charge in [-0.05, 0) is 17.2 Å². The van der Waals surface area contributed by atoms with Gasteiger partial charge in [-0.2, -0.15) is 13.2 Å². The van der Waals surface area contributed by atoms with E-state index in [9.17, 15) is 13.2 Å². The fourth-order valence-electron chi connectivity index (χ4n) is 1.46. The number of benzene rings is 1. The lowest BCUT2D eigenvalue weighted by Gasteiger charge is -2.05. The van der Waals surface area contributed by atoms with Gasteiger partial charge in [0.2, 0.25) is 0 Å². The van der Waals surface area contributed by atoms with Crippen molar-refractivity contribution < 1.29 is 13.2 Å². The van der Waals surface area contributed by atoms with E-state index in [1.54, 1.807) is 24.3 Å². The van der Waals surface area contributed by atoms with Crippen molar-refractivity contribution in [2.24, 2.45) is 0 Å². The molecular formula is C10H7F3. The first-order valence-corrected chi connectivity index (χ1v) is 3.93. The van der Waals surface area contributed by atoms with E-state index in [1.807, 2.05) is 0 Å². The lowest BCUT2D eigenvalue weighted by atomic mass is 10.1. The molecule has 3 heteroatoms. The predicted molar refractivity (Wildman–Crippen MR) is 44.2 cm³/mol. The number of halogens is 3. The van der Waals surface area contributed by atoms with E-state index >= 15 is 0 Å². The molecule has 0 bridgehead atoms. The Morgan fingerprint density at radius 3 is 2.38 bits per heavy atom. The smallest absolute Gasteiger partial charge is 0.166 e. The molecule has 0 aliphatic heterocycles. The van der Waals surface area contributed by atoms with Crippen LogP contribution in [0.15, 0.2) is 29.8 Å². The summed E-state index contributed by atoms with van der Waals surface area (Å²) < 4.78 is 36.8. The number of allylic oxidation sites excluding steroid dienone is 1. The normalized spacial score (nSPS) is 15.5. The minimum absolute atomic E-state index is 0.0136. The second-order valence-electron chi connectivity index (χ2n) is 3.04. The fourth-order valence-corrected chi connectivity index (χ4v) is 1.46. The molecule has 1 aliphatic carbocycles. The molecule has 68 valence electrons. The summed E-state index contributed by atoms with van der Waals surface area (Å²) in [6, 6.07) is 6.93. The van der Waals surface area contributed by atoms with Gasteiger partial charge in [-0.3, -0.25) is 0 Å². The summed E-state index contributed by atoms with van der Waals surface area (Å²) in [5.74, 6) is 0. The highest BCUT2D eigenvalue weighted by Gasteiger charge is 2.35. The van der Waals surface area contributed by atoms with Gasteiger partial charge >= 0.3 is 6.18 Å². The summed E-state index contributed by atoms with van der Waals surface area (Å²) in [4.78, 5) is 0. The van der Waals surface area contributed by atoms with Crippen LogP contribution in [0.3, 0.4) is 0 Å². The lowest BCUT2D eigenvalue weighted by molar-refractivity contribution is -0.0918. The predicted octanol–water partition coefficient (Wildman–Crippen LogP) is 3.19. The molecule has 0 spiro atoms. The number of hydrogen-bond donors (Lipinski definition) is 0. The van der Waals surface area contributed by atoms with Crippen LogP contribution in [-0.4, -0.2) is 6.18 Å². The van der Waals surface area contributed by atoms with Crippen molar-refractivity contribution in [3.05, 3.63) is 41.0 Å². The second kappa shape index (κ2) is 2.62. The minimum Gasteiger partial charge on any atom is -0.166 e. The van der Waals surface area contributed by atoms with E-state index in [-0.39, 0.29) is 6.42 Å². The Morgan fingerprint density at radius 2 is 1.77 bits per heavy atom. The van der Waals surface area contributed by atoms with Crippen LogP contribution in [0.25, 0.3) is 6.08 Å². The van der Waals surface area contributed by atoms with E-state index in [2.05, 4.69) is 0 Å². The lowest BCUT2D eigenvalue weighted by Crippen LogP contribution is -2.11. The molecule has 1 aliphatic rings. The van der Waals surface area contributed by atoms with E-state index in [1.165, 1.54) is 6.08 Å². The van der Waals surface area contributed by atoms with Crippen LogP contribution < -0.4 is 0 Å². The Bertz CT molecular complexity index is 361. The van der Waals surface area contributed by atoms with Crippen LogP contribution in [0.2, 0.25) is 0 Å². The first kappa shape index (κ1) is 8.35. The number of rotatable bonds is 0. The van der Waals surface area contributed by atoms with Crippen LogP contribution in [0, 0.1) is 0 Å². The molecule has 0 N–H and O–H groups in total. The monoisotopic (exact) mass is 184 g/mol. The summed E-state index contributed by atoms with van der Waals surface area (Å²) in [5, 5.41) is 0. The quantitative estimate of drug-likeness (QED) is 0.580. The van der Waals surface area contributed by atoms with E-state index < -0.39 is 11.7 Å². The maximum atomic E-state index is 12.3. The third-order valence-corrected chi connectivity index (χ3v) is 2.13. The highest BCUT2D eigenvalue weighted by atomic mass is 19.4. The standard InChI is InChI=1S/C10H7F3/c11-10(12,13)9-5-7-3-1-2-4-8(7)6-9/h1-5H,6H2. The van der Waals surface area contributed by atoms with Gasteiger partial charge in [-0.15, -0.1) is 0 Å². The van der Waals surface area contributed by atoms with E-state index in [4.69, 9.17) is 0 Å². The van der Waals surface area contributed by atoms with Gasteiger partial charge < -0.3 is 0 Å². The Balaban J connectivity index is 2.37. The van der Waals surface area contributed by atoms with Gasteiger partial charge in [-0.25, -0.2) is 0 Å². The van der Waals surface area contributed by atoms with Gasteiger partial charge in [0.1, 0.15) is 0 Å². The summed E-state index contributed by atoms with van der Waals surface area (Å²) in [6.07, 6.45) is -2.95. The number of hydrogen-bond acceptors (Lipinski definition) is 0. The van der Waals surface area contributed by atoms with Gasteiger partial charge in [0, 0.05) is 12.0 Å². The Labute approximate surface area is 73.7 Å². The van der Waals surface area contributed by atoms with Crippen molar-refractivity contribution in [3.63, 3.8) is 0 Å². The topological polar surface area (TPSA) is 0 Å². The highest BCUT2D eigenvalue weighted by molar-refractivity contribution is 5.64. The molecule has 0 saturated carbocycles. The molecular weight excluding hydrogens is 177 g/mol. The minimum atomic E-state index is -4.18. The molecule has 0 aromatic heterocycles. The zero-order chi connectivity index (χ0) is 9.47. The number of fused-ring (bicyclic) bond motifs is 1. The number of alkyl halides is 3. The summed E-state index contributed by atoms with van der Waals surface area (Å²) in [6.45, 7) is 0. The Kier molecular flexibility index (Phi) is 1.68. The summed E-state index contributed by atoms with van der Waals surface area (Å²) in [7, 11) is 0. The van der Waals surface area contributed by atoms with E-state index in [0.29, 0.717) is 5.56 Å². The Hall–Kier alpha value is -1.25. The third kappa shape index (κ3) is 1.46. The molecule has 1 aromatic rings. The average molecular weight is 184 g/mol. The van der Waals surface area contributed by atoms with Gasteiger partial charge in [-0.1, -0.05) is 24.3 Å². The van der Waals surface area contributed by atoms with Crippen LogP contribution >= 0.6 is 0 Å². The molecule has 0 amide bonds. The van der Waals surface area contributed by atoms with Crippen LogP contribution in [0.5, 0.6) is 0 Å². The zero-order valence-electron chi connectivity index (χ0n) is 6.73. The molecule has 13 heavy (non-hydrogen) atoms. The average Bonchev–Trinajstić information content (AvgIpc) is 2.45. The molecule has 0 fully saturated rings. The van der Waals surface area contributed by atoms with Crippen molar-refractivity contribution in [3.8, 4) is 0 Å². The van der Waals surface area contributed by atoms with Crippen LogP contribution in [0.4, 0.5) is 13.2 Å². The molecule has 0 radical (unpaired) electrons. The fraction of sp³-hybridized carbons (Fsp3) is 0.200. The molecule has 2 rings (SSSR count). The largest absolute Gasteiger partial charge is 0.413 e. The van der Waals surface area contributed by atoms with Crippen molar-refractivity contribution in [2.45, 2.75) is 12.6 Å². The van der Waals surface area contributed by atoms with Gasteiger partial charge in [0.25, 0.3) is 0 Å². The van der Waals surface area contributed by atoms with Crippen molar-refractivity contribution >= 4 is 6.08 Å². The van der Waals surface area contributed by atoms with Crippen molar-refractivity contribution in [1.29, 1.82) is 0 Å². The SMILES string of the molecule is FC(F)(F)C1=Cc2ccccc2C1.